The zero-order chi connectivity index (χ0) is 37.0. The predicted octanol–water partition coefficient (Wildman–Crippen LogP) is 8.86. The average Bonchev–Trinajstić information content (AvgIpc) is 3.80. The Bertz CT molecular complexity index is 1970. The monoisotopic (exact) mass is 760 g/mol. The van der Waals surface area contributed by atoms with Gasteiger partial charge in [-0.1, -0.05) is 163 Å². The predicted molar refractivity (Wildman–Crippen MR) is 223 cm³/mol. The Balaban J connectivity index is 1.31. The molecule has 1 unspecified atom stereocenters. The number of thiophene rings is 2. The minimum Gasteiger partial charge on any atom is -0.403 e. The van der Waals surface area contributed by atoms with Crippen LogP contribution in [0.5, 0.6) is 0 Å². The summed E-state index contributed by atoms with van der Waals surface area (Å²) in [5.74, 6) is 0. The van der Waals surface area contributed by atoms with Crippen molar-refractivity contribution in [1.29, 1.82) is 0 Å². The van der Waals surface area contributed by atoms with E-state index in [1.165, 1.54) is 43.4 Å². The van der Waals surface area contributed by atoms with Crippen LogP contribution in [-0.4, -0.2) is 28.0 Å². The van der Waals surface area contributed by atoms with Crippen LogP contribution in [0.15, 0.2) is 138 Å². The largest absolute Gasteiger partial charge is 0.403 e. The fourth-order valence-electron chi connectivity index (χ4n) is 7.59. The summed E-state index contributed by atoms with van der Waals surface area (Å²) in [6, 6.07) is 44.4. The molecule has 0 amide bonds. The molecule has 1 N–H and O–H groups in total. The van der Waals surface area contributed by atoms with Gasteiger partial charge < -0.3 is 14.0 Å². The molecule has 6 aromatic rings. The lowest BCUT2D eigenvalue weighted by Gasteiger charge is -2.43. The maximum Gasteiger partial charge on any atom is 0.261 e. The highest BCUT2D eigenvalue weighted by Gasteiger charge is 2.51. The molecule has 0 aliphatic heterocycles. The van der Waals surface area contributed by atoms with Crippen molar-refractivity contribution < 1.29 is 18.8 Å². The van der Waals surface area contributed by atoms with Gasteiger partial charge in [-0.2, -0.15) is 0 Å². The highest BCUT2D eigenvalue weighted by Crippen LogP contribution is 2.41. The lowest BCUT2D eigenvalue weighted by Crippen LogP contribution is -2.66. The van der Waals surface area contributed by atoms with Gasteiger partial charge in [0.15, 0.2) is 6.29 Å². The first-order valence-electron chi connectivity index (χ1n) is 17.7. The van der Waals surface area contributed by atoms with Crippen LogP contribution in [0.2, 0.25) is 10.1 Å². The molecule has 0 fully saturated rings. The number of carbonyl (C=O) groups is 1. The van der Waals surface area contributed by atoms with E-state index in [4.69, 9.17) is 8.85 Å². The molecular weight excluding hydrogens is 713 g/mol. The fourth-order valence-corrected chi connectivity index (χ4v) is 18.4. The Kier molecular flexibility index (Phi) is 11.5. The standard InChI is InChI=1S/C44H48O4S2Si2/c1-43(2,3)51(35-19-11-7-12-20-35,36-21-13-8-14-22-36)47-29-33-27-39(49-31-33)42(46)41-34(32-50-40(41)28-45)30-48-52(44(4,5)6,37-23-15-9-16-24-37)38-25-17-10-18-26-38/h7-28,31-32,42,46H,29-30H2,1-6H3. The molecule has 1 atom stereocenters. The lowest BCUT2D eigenvalue weighted by molar-refractivity contribution is 0.112. The summed E-state index contributed by atoms with van der Waals surface area (Å²) in [7, 11) is -5.58. The molecule has 6 rings (SSSR count). The number of hydrogen-bond acceptors (Lipinski definition) is 6. The molecule has 268 valence electrons. The summed E-state index contributed by atoms with van der Waals surface area (Å²) >= 11 is 2.86. The highest BCUT2D eigenvalue weighted by atomic mass is 32.1. The molecule has 0 spiro atoms. The number of carbonyl (C=O) groups excluding carboxylic acids is 1. The van der Waals surface area contributed by atoms with Gasteiger partial charge >= 0.3 is 0 Å². The number of rotatable bonds is 13. The molecule has 0 aliphatic rings. The van der Waals surface area contributed by atoms with Crippen molar-refractivity contribution in [2.75, 3.05) is 0 Å². The minimum atomic E-state index is -2.84. The molecular formula is C44H48O4S2Si2. The van der Waals surface area contributed by atoms with Crippen LogP contribution >= 0.6 is 22.7 Å². The Labute approximate surface area is 319 Å². The van der Waals surface area contributed by atoms with Gasteiger partial charge in [-0.15, -0.1) is 22.7 Å². The lowest BCUT2D eigenvalue weighted by atomic mass is 10.0. The smallest absolute Gasteiger partial charge is 0.261 e. The first kappa shape index (κ1) is 38.0. The minimum absolute atomic E-state index is 0.149. The second kappa shape index (κ2) is 15.7. The van der Waals surface area contributed by atoms with Crippen LogP contribution in [0.1, 0.15) is 78.9 Å². The van der Waals surface area contributed by atoms with E-state index in [2.05, 4.69) is 156 Å². The third-order valence-corrected chi connectivity index (χ3v) is 22.0. The maximum atomic E-state index is 12.4. The van der Waals surface area contributed by atoms with Crippen LogP contribution in [0, 0.1) is 0 Å². The van der Waals surface area contributed by atoms with E-state index in [9.17, 15) is 9.90 Å². The summed E-state index contributed by atoms with van der Waals surface area (Å²) in [5, 5.41) is 20.5. The Morgan fingerprint density at radius 2 is 1.02 bits per heavy atom. The molecule has 4 nitrogen and oxygen atoms in total. The molecule has 4 aromatic carbocycles. The molecule has 8 heteroatoms. The molecule has 0 bridgehead atoms. The van der Waals surface area contributed by atoms with E-state index in [0.717, 1.165) is 22.3 Å². The summed E-state index contributed by atoms with van der Waals surface area (Å²) < 4.78 is 14.4. The number of aldehydes is 1. The van der Waals surface area contributed by atoms with Gasteiger partial charge in [0.05, 0.1) is 18.1 Å². The average molecular weight is 761 g/mol. The van der Waals surface area contributed by atoms with Crippen molar-refractivity contribution in [2.24, 2.45) is 0 Å². The van der Waals surface area contributed by atoms with E-state index < -0.39 is 22.7 Å². The summed E-state index contributed by atoms with van der Waals surface area (Å²) in [6.45, 7) is 14.3. The van der Waals surface area contributed by atoms with Gasteiger partial charge in [0.1, 0.15) is 6.10 Å². The van der Waals surface area contributed by atoms with Crippen LogP contribution in [0.4, 0.5) is 0 Å². The zero-order valence-electron chi connectivity index (χ0n) is 30.8. The highest BCUT2D eigenvalue weighted by molar-refractivity contribution is 7.12. The molecule has 0 saturated carbocycles. The molecule has 0 aliphatic carbocycles. The van der Waals surface area contributed by atoms with Gasteiger partial charge in [-0.05, 0) is 58.8 Å². The van der Waals surface area contributed by atoms with E-state index in [0.29, 0.717) is 17.0 Å². The van der Waals surface area contributed by atoms with E-state index in [1.54, 1.807) is 0 Å². The number of aliphatic hydroxyl groups is 1. The normalized spacial score (nSPS) is 13.2. The van der Waals surface area contributed by atoms with Crippen molar-refractivity contribution in [3.63, 3.8) is 0 Å². The van der Waals surface area contributed by atoms with E-state index >= 15 is 0 Å². The molecule has 52 heavy (non-hydrogen) atoms. The third kappa shape index (κ3) is 7.26. The van der Waals surface area contributed by atoms with Gasteiger partial charge in [0.2, 0.25) is 0 Å². The summed E-state index contributed by atoms with van der Waals surface area (Å²) in [5.41, 5.74) is 2.46. The topological polar surface area (TPSA) is 55.8 Å². The summed E-state index contributed by atoms with van der Waals surface area (Å²) in [6.07, 6.45) is -0.119. The third-order valence-electron chi connectivity index (χ3n) is 10.00. The molecule has 2 aromatic heterocycles. The van der Waals surface area contributed by atoms with Crippen molar-refractivity contribution >= 4 is 66.3 Å². The van der Waals surface area contributed by atoms with Gasteiger partial charge in [-0.25, -0.2) is 0 Å². The number of hydrogen-bond donors (Lipinski definition) is 1. The zero-order valence-corrected chi connectivity index (χ0v) is 34.5. The Morgan fingerprint density at radius 1 is 0.615 bits per heavy atom. The quantitative estimate of drug-likeness (QED) is 0.0945. The van der Waals surface area contributed by atoms with Crippen molar-refractivity contribution in [3.05, 3.63) is 165 Å². The van der Waals surface area contributed by atoms with Gasteiger partial charge in [0, 0.05) is 10.4 Å². The van der Waals surface area contributed by atoms with Crippen molar-refractivity contribution in [2.45, 2.75) is 70.9 Å². The van der Waals surface area contributed by atoms with Crippen molar-refractivity contribution in [1.82, 2.24) is 0 Å². The first-order chi connectivity index (χ1) is 24.9. The van der Waals surface area contributed by atoms with E-state index in [-0.39, 0.29) is 16.7 Å². The molecule has 2 heterocycles. The Hall–Kier alpha value is -3.74. The van der Waals surface area contributed by atoms with Crippen molar-refractivity contribution in [3.8, 4) is 0 Å². The van der Waals surface area contributed by atoms with Crippen LogP contribution in [0.3, 0.4) is 0 Å². The number of aliphatic hydroxyl groups excluding tert-OH is 1. The van der Waals surface area contributed by atoms with Gasteiger partial charge in [-0.3, -0.25) is 4.79 Å². The van der Waals surface area contributed by atoms with E-state index in [1.807, 2.05) is 23.6 Å². The second-order valence-electron chi connectivity index (χ2n) is 15.3. The second-order valence-corrected chi connectivity index (χ2v) is 25.8. The maximum absolute atomic E-state index is 12.4. The Morgan fingerprint density at radius 3 is 1.40 bits per heavy atom. The first-order valence-corrected chi connectivity index (χ1v) is 23.3. The van der Waals surface area contributed by atoms with Crippen LogP contribution < -0.4 is 20.7 Å². The number of benzene rings is 4. The summed E-state index contributed by atoms with van der Waals surface area (Å²) in [4.78, 5) is 13.7. The fraction of sp³-hybridized carbons (Fsp3) is 0.250. The SMILES string of the molecule is CC(C)(C)[Si](OCc1csc(C(O)c2c(CO[Si](c3ccccc3)(c3ccccc3)C(C)(C)C)csc2C=O)c1)(c1ccccc1)c1ccccc1. The van der Waals surface area contributed by atoms with Gasteiger partial charge in [0.25, 0.3) is 16.6 Å². The molecule has 0 radical (unpaired) electrons. The van der Waals surface area contributed by atoms with Crippen LogP contribution in [-0.2, 0) is 22.1 Å². The molecule has 0 saturated heterocycles. The van der Waals surface area contributed by atoms with Crippen LogP contribution in [0.25, 0.3) is 0 Å².